The second-order valence-corrected chi connectivity index (χ2v) is 11.1. The van der Waals surface area contributed by atoms with Gasteiger partial charge in [-0.1, -0.05) is 59.6 Å². The molecule has 1 heterocycles. The van der Waals surface area contributed by atoms with E-state index in [0.717, 1.165) is 38.9 Å². The van der Waals surface area contributed by atoms with E-state index in [9.17, 15) is 4.79 Å². The van der Waals surface area contributed by atoms with Crippen LogP contribution in [-0.4, -0.2) is 17.4 Å². The van der Waals surface area contributed by atoms with Crippen molar-refractivity contribution < 1.29 is 4.79 Å². The van der Waals surface area contributed by atoms with Crippen LogP contribution in [0.15, 0.2) is 88.9 Å². The van der Waals surface area contributed by atoms with Crippen LogP contribution in [0.2, 0.25) is 10.0 Å². The number of thioether (sulfide) groups is 1. The quantitative estimate of drug-likeness (QED) is 0.140. The van der Waals surface area contributed by atoms with Gasteiger partial charge in [-0.15, -0.1) is 11.8 Å². The number of amides is 1. The first kappa shape index (κ1) is 24.9. The molecule has 4 nitrogen and oxygen atoms in total. The molecule has 0 unspecified atom stereocenters. The van der Waals surface area contributed by atoms with Crippen LogP contribution in [0.3, 0.4) is 0 Å². The Hall–Kier alpha value is -2.73. The lowest BCUT2D eigenvalue weighted by Crippen LogP contribution is -2.29. The van der Waals surface area contributed by atoms with Crippen molar-refractivity contribution in [1.82, 2.24) is 5.43 Å². The van der Waals surface area contributed by atoms with Crippen LogP contribution < -0.4 is 10.7 Å². The van der Waals surface area contributed by atoms with Gasteiger partial charge in [0.05, 0.1) is 11.8 Å². The number of benzene rings is 3. The Morgan fingerprint density at radius 2 is 1.89 bits per heavy atom. The molecule has 0 radical (unpaired) electrons. The molecule has 1 amide bonds. The van der Waals surface area contributed by atoms with Gasteiger partial charge < -0.3 is 5.32 Å². The molecule has 7 heteroatoms. The van der Waals surface area contributed by atoms with Crippen molar-refractivity contribution in [2.24, 2.45) is 11.0 Å². The Balaban J connectivity index is 1.25. The lowest BCUT2D eigenvalue weighted by Gasteiger charge is -2.38. The van der Waals surface area contributed by atoms with E-state index in [0.29, 0.717) is 29.0 Å². The van der Waals surface area contributed by atoms with E-state index in [-0.39, 0.29) is 11.9 Å². The number of fused-ring (bicyclic) bond motifs is 3. The molecule has 3 atom stereocenters. The highest BCUT2D eigenvalue weighted by Gasteiger charge is 2.38. The fraction of sp³-hybridized carbons (Fsp3) is 0.241. The molecule has 3 aromatic carbocycles. The third-order valence-corrected chi connectivity index (χ3v) is 8.39. The van der Waals surface area contributed by atoms with E-state index in [1.807, 2.05) is 49.4 Å². The summed E-state index contributed by atoms with van der Waals surface area (Å²) in [5, 5.41) is 9.62. The van der Waals surface area contributed by atoms with Gasteiger partial charge in [0, 0.05) is 38.7 Å². The van der Waals surface area contributed by atoms with Crippen molar-refractivity contribution in [2.75, 3.05) is 11.1 Å². The minimum atomic E-state index is -0.100. The SMILES string of the molecule is C/C(=N/NC(=O)CCSc1ccc(Cl)cc1)c1ccc2c(c1)[C@@H]1C=CC[C@@H]1[C@H](c1ccccc1Cl)N2. The van der Waals surface area contributed by atoms with Gasteiger partial charge in [-0.05, 0) is 78.4 Å². The molecule has 2 aliphatic rings. The normalized spacial score (nSPS) is 20.4. The number of rotatable bonds is 7. The summed E-state index contributed by atoms with van der Waals surface area (Å²) in [6.45, 7) is 1.93. The predicted molar refractivity (Wildman–Crippen MR) is 151 cm³/mol. The summed E-state index contributed by atoms with van der Waals surface area (Å²) >= 11 is 14.1. The standard InChI is InChI=1S/C29H27Cl2N3OS/c1-18(33-34-28(35)15-16-36-21-12-10-20(30)11-13-21)19-9-14-27-25(17-19)22-6-4-7-23(22)29(32-27)24-5-2-3-8-26(24)31/h2-6,8-14,17,22-23,29,32H,7,15-16H2,1H3,(H,34,35)/b33-18-/t22-,23+,29-/m1/s1. The zero-order valence-corrected chi connectivity index (χ0v) is 22.2. The number of carbonyl (C=O) groups excluding carboxylic acids is 1. The van der Waals surface area contributed by atoms with Gasteiger partial charge in [-0.2, -0.15) is 5.10 Å². The smallest absolute Gasteiger partial charge is 0.240 e. The van der Waals surface area contributed by atoms with Crippen molar-refractivity contribution in [2.45, 2.75) is 36.6 Å². The summed E-state index contributed by atoms with van der Waals surface area (Å²) in [5.41, 5.74) is 8.01. The largest absolute Gasteiger partial charge is 0.378 e. The van der Waals surface area contributed by atoms with Crippen LogP contribution in [0, 0.1) is 5.92 Å². The van der Waals surface area contributed by atoms with Gasteiger partial charge in [0.1, 0.15) is 0 Å². The summed E-state index contributed by atoms with van der Waals surface area (Å²) in [4.78, 5) is 13.4. The number of allylic oxidation sites excluding steroid dienone is 2. The van der Waals surface area contributed by atoms with Crippen LogP contribution in [0.5, 0.6) is 0 Å². The van der Waals surface area contributed by atoms with E-state index in [2.05, 4.69) is 52.3 Å². The average Bonchev–Trinajstić information content (AvgIpc) is 3.39. The van der Waals surface area contributed by atoms with Gasteiger partial charge in [-0.25, -0.2) is 5.43 Å². The maximum atomic E-state index is 12.3. The molecule has 0 bridgehead atoms. The molecule has 1 aliphatic carbocycles. The molecule has 2 N–H and O–H groups in total. The highest BCUT2D eigenvalue weighted by Crippen LogP contribution is 2.50. The molecule has 0 saturated carbocycles. The molecular formula is C29H27Cl2N3OS. The van der Waals surface area contributed by atoms with Gasteiger partial charge in [0.2, 0.25) is 5.91 Å². The first-order valence-electron chi connectivity index (χ1n) is 12.0. The highest BCUT2D eigenvalue weighted by atomic mass is 35.5. The number of halogens is 2. The van der Waals surface area contributed by atoms with E-state index >= 15 is 0 Å². The maximum Gasteiger partial charge on any atom is 0.240 e. The van der Waals surface area contributed by atoms with Crippen LogP contribution in [0.4, 0.5) is 5.69 Å². The summed E-state index contributed by atoms with van der Waals surface area (Å²) < 4.78 is 0. The first-order chi connectivity index (χ1) is 17.5. The monoisotopic (exact) mass is 535 g/mol. The fourth-order valence-corrected chi connectivity index (χ4v) is 6.14. The van der Waals surface area contributed by atoms with Gasteiger partial charge in [0.15, 0.2) is 0 Å². The molecule has 1 aliphatic heterocycles. The average molecular weight is 537 g/mol. The van der Waals surface area contributed by atoms with Gasteiger partial charge >= 0.3 is 0 Å². The van der Waals surface area contributed by atoms with E-state index in [4.69, 9.17) is 23.2 Å². The molecule has 3 aromatic rings. The molecule has 5 rings (SSSR count). The van der Waals surface area contributed by atoms with E-state index < -0.39 is 0 Å². The summed E-state index contributed by atoms with van der Waals surface area (Å²) in [6.07, 6.45) is 5.97. The number of hydrogen-bond acceptors (Lipinski definition) is 4. The summed E-state index contributed by atoms with van der Waals surface area (Å²) in [5.74, 6) is 1.29. The van der Waals surface area contributed by atoms with Gasteiger partial charge in [0.25, 0.3) is 0 Å². The molecule has 0 saturated heterocycles. The molecule has 0 fully saturated rings. The molecule has 0 aromatic heterocycles. The second kappa shape index (κ2) is 11.1. The predicted octanol–water partition coefficient (Wildman–Crippen LogP) is 7.84. The van der Waals surface area contributed by atoms with Crippen LogP contribution >= 0.6 is 35.0 Å². The number of nitrogens with one attached hydrogen (secondary N) is 2. The van der Waals surface area contributed by atoms with Crippen LogP contribution in [0.1, 0.15) is 48.4 Å². The highest BCUT2D eigenvalue weighted by molar-refractivity contribution is 7.99. The Morgan fingerprint density at radius 1 is 1.08 bits per heavy atom. The van der Waals surface area contributed by atoms with Crippen LogP contribution in [-0.2, 0) is 4.79 Å². The lowest BCUT2D eigenvalue weighted by atomic mass is 9.76. The van der Waals surface area contributed by atoms with Crippen molar-refractivity contribution in [1.29, 1.82) is 0 Å². The number of hydrazone groups is 1. The summed E-state index contributed by atoms with van der Waals surface area (Å²) in [6, 6.07) is 22.2. The van der Waals surface area contributed by atoms with Crippen LogP contribution in [0.25, 0.3) is 0 Å². The molecular weight excluding hydrogens is 509 g/mol. The third-order valence-electron chi connectivity index (χ3n) is 6.78. The number of hydrogen-bond donors (Lipinski definition) is 2. The van der Waals surface area contributed by atoms with Crippen molar-refractivity contribution in [3.05, 3.63) is 106 Å². The van der Waals surface area contributed by atoms with Crippen molar-refractivity contribution in [3.8, 4) is 0 Å². The zero-order valence-electron chi connectivity index (χ0n) is 19.9. The van der Waals surface area contributed by atoms with E-state index in [1.54, 1.807) is 11.8 Å². The Labute approximate surface area is 226 Å². The Morgan fingerprint density at radius 3 is 2.69 bits per heavy atom. The zero-order chi connectivity index (χ0) is 25.1. The van der Waals surface area contributed by atoms with E-state index in [1.165, 1.54) is 5.56 Å². The maximum absolute atomic E-state index is 12.3. The first-order valence-corrected chi connectivity index (χ1v) is 13.8. The minimum absolute atomic E-state index is 0.100. The number of nitrogens with zero attached hydrogens (tertiary/aromatic N) is 1. The molecule has 0 spiro atoms. The third kappa shape index (κ3) is 5.49. The lowest BCUT2D eigenvalue weighted by molar-refractivity contribution is -0.120. The van der Waals surface area contributed by atoms with Crippen molar-refractivity contribution >= 4 is 52.3 Å². The second-order valence-electron chi connectivity index (χ2n) is 9.08. The topological polar surface area (TPSA) is 53.5 Å². The fourth-order valence-electron chi connectivity index (χ4n) is 4.91. The van der Waals surface area contributed by atoms with Crippen molar-refractivity contribution in [3.63, 3.8) is 0 Å². The summed E-state index contributed by atoms with van der Waals surface area (Å²) in [7, 11) is 0. The Kier molecular flexibility index (Phi) is 7.70. The number of anilines is 1. The minimum Gasteiger partial charge on any atom is -0.378 e. The molecule has 184 valence electrons. The number of carbonyl (C=O) groups is 1. The molecule has 36 heavy (non-hydrogen) atoms. The Bertz CT molecular complexity index is 1320. The van der Waals surface area contributed by atoms with Gasteiger partial charge in [-0.3, -0.25) is 4.79 Å².